The molecule has 1 heterocycles. The Balaban J connectivity index is 1.56. The van der Waals surface area contributed by atoms with Gasteiger partial charge in [-0.1, -0.05) is 30.3 Å². The van der Waals surface area contributed by atoms with Crippen molar-refractivity contribution in [3.05, 3.63) is 60.2 Å². The first-order valence-corrected chi connectivity index (χ1v) is 12.4. The molecule has 31 heavy (non-hydrogen) atoms. The number of nitrogens with one attached hydrogen (secondary N) is 1. The van der Waals surface area contributed by atoms with Crippen LogP contribution in [0.3, 0.4) is 0 Å². The summed E-state index contributed by atoms with van der Waals surface area (Å²) in [6, 6.07) is 16.7. The largest absolute Gasteiger partial charge is 0.494 e. The Bertz CT molecular complexity index is 945. The zero-order valence-corrected chi connectivity index (χ0v) is 19.1. The quantitative estimate of drug-likeness (QED) is 0.641. The summed E-state index contributed by atoms with van der Waals surface area (Å²) >= 11 is 0. The van der Waals surface area contributed by atoms with Crippen molar-refractivity contribution in [2.24, 2.45) is 5.92 Å². The number of ether oxygens (including phenoxy) is 1. The number of carbonyl (C=O) groups is 1. The van der Waals surface area contributed by atoms with Crippen molar-refractivity contribution in [3.8, 4) is 5.75 Å². The molecule has 0 unspecified atom stereocenters. The van der Waals surface area contributed by atoms with E-state index in [2.05, 4.69) is 17.4 Å². The van der Waals surface area contributed by atoms with E-state index < -0.39 is 10.0 Å². The molecule has 0 spiro atoms. The highest BCUT2D eigenvalue weighted by Gasteiger charge is 2.33. The zero-order chi connectivity index (χ0) is 22.3. The van der Waals surface area contributed by atoms with Gasteiger partial charge in [0, 0.05) is 19.1 Å². The number of rotatable bonds is 9. The molecule has 1 N–H and O–H groups in total. The van der Waals surface area contributed by atoms with Crippen LogP contribution in [0.4, 0.5) is 0 Å². The number of hydrogen-bond acceptors (Lipinski definition) is 4. The lowest BCUT2D eigenvalue weighted by atomic mass is 9.98. The molecule has 0 bridgehead atoms. The molecule has 1 fully saturated rings. The lowest BCUT2D eigenvalue weighted by Crippen LogP contribution is -2.47. The van der Waals surface area contributed by atoms with Crippen molar-refractivity contribution in [1.29, 1.82) is 0 Å². The van der Waals surface area contributed by atoms with Crippen molar-refractivity contribution in [2.75, 3.05) is 19.7 Å². The van der Waals surface area contributed by atoms with E-state index in [0.717, 1.165) is 12.8 Å². The normalized spacial score (nSPS) is 18.3. The Labute approximate surface area is 185 Å². The van der Waals surface area contributed by atoms with Gasteiger partial charge in [0.1, 0.15) is 5.75 Å². The maximum Gasteiger partial charge on any atom is 0.243 e. The van der Waals surface area contributed by atoms with Gasteiger partial charge in [-0.15, -0.1) is 0 Å². The molecule has 1 aliphatic heterocycles. The summed E-state index contributed by atoms with van der Waals surface area (Å²) in [4.78, 5) is 13.0. The van der Waals surface area contributed by atoms with Gasteiger partial charge in [-0.2, -0.15) is 4.31 Å². The Hall–Kier alpha value is -2.38. The number of aryl methyl sites for hydroxylation is 1. The summed E-state index contributed by atoms with van der Waals surface area (Å²) in [7, 11) is -3.64. The van der Waals surface area contributed by atoms with E-state index in [9.17, 15) is 13.2 Å². The third-order valence-corrected chi connectivity index (χ3v) is 7.50. The van der Waals surface area contributed by atoms with Crippen LogP contribution in [0.15, 0.2) is 59.5 Å². The lowest BCUT2D eigenvalue weighted by Gasteiger charge is -2.32. The van der Waals surface area contributed by atoms with Gasteiger partial charge < -0.3 is 10.1 Å². The molecule has 2 atom stereocenters. The predicted molar refractivity (Wildman–Crippen MR) is 121 cm³/mol. The summed E-state index contributed by atoms with van der Waals surface area (Å²) in [6.07, 6.45) is 3.11. The molecule has 6 nitrogen and oxygen atoms in total. The highest BCUT2D eigenvalue weighted by molar-refractivity contribution is 7.89. The fourth-order valence-corrected chi connectivity index (χ4v) is 5.38. The van der Waals surface area contributed by atoms with Crippen molar-refractivity contribution in [2.45, 2.75) is 50.5 Å². The molecule has 1 aliphatic rings. The maximum atomic E-state index is 13.1. The molecule has 0 radical (unpaired) electrons. The van der Waals surface area contributed by atoms with Crippen LogP contribution in [0, 0.1) is 5.92 Å². The fourth-order valence-electron chi connectivity index (χ4n) is 3.86. The second kappa shape index (κ2) is 10.8. The number of piperidine rings is 1. The minimum Gasteiger partial charge on any atom is -0.494 e. The van der Waals surface area contributed by atoms with Crippen LogP contribution in [-0.4, -0.2) is 44.4 Å². The molecule has 7 heteroatoms. The first kappa shape index (κ1) is 23.3. The molecule has 2 aromatic carbocycles. The third-order valence-electron chi connectivity index (χ3n) is 5.62. The highest BCUT2D eigenvalue weighted by atomic mass is 32.2. The van der Waals surface area contributed by atoms with E-state index in [1.54, 1.807) is 24.3 Å². The molecular weight excluding hydrogens is 412 g/mol. The number of benzene rings is 2. The minimum atomic E-state index is -3.64. The summed E-state index contributed by atoms with van der Waals surface area (Å²) in [6.45, 7) is 5.05. The third kappa shape index (κ3) is 6.31. The van der Waals surface area contributed by atoms with E-state index in [0.29, 0.717) is 31.7 Å². The van der Waals surface area contributed by atoms with Gasteiger partial charge in [-0.25, -0.2) is 8.42 Å². The molecule has 0 aliphatic carbocycles. The topological polar surface area (TPSA) is 75.7 Å². The standard InChI is InChI=1S/C24H32N2O4S/c1-3-30-22-13-15-23(16-14-22)31(28,29)26-17-7-10-21(18-26)24(27)25-19(2)11-12-20-8-5-4-6-9-20/h4-6,8-9,13-16,19,21H,3,7,10-12,17-18H2,1-2H3,(H,25,27)/t19-,21-/m1/s1. The minimum absolute atomic E-state index is 0.0331. The van der Waals surface area contributed by atoms with Gasteiger partial charge in [0.15, 0.2) is 0 Å². The Morgan fingerprint density at radius 2 is 1.87 bits per heavy atom. The summed E-state index contributed by atoms with van der Waals surface area (Å²) in [5, 5.41) is 3.08. The van der Waals surface area contributed by atoms with Gasteiger partial charge >= 0.3 is 0 Å². The number of amides is 1. The smallest absolute Gasteiger partial charge is 0.243 e. The van der Waals surface area contributed by atoms with Crippen LogP contribution in [0.2, 0.25) is 0 Å². The first-order chi connectivity index (χ1) is 14.9. The van der Waals surface area contributed by atoms with E-state index in [4.69, 9.17) is 4.74 Å². The Morgan fingerprint density at radius 1 is 1.16 bits per heavy atom. The molecule has 2 aromatic rings. The molecular formula is C24H32N2O4S. The molecule has 1 amide bonds. The van der Waals surface area contributed by atoms with E-state index >= 15 is 0 Å². The monoisotopic (exact) mass is 444 g/mol. The van der Waals surface area contributed by atoms with Gasteiger partial charge in [-0.05, 0) is 69.4 Å². The molecule has 168 valence electrons. The van der Waals surface area contributed by atoms with Crippen LogP contribution >= 0.6 is 0 Å². The Kier molecular flexibility index (Phi) is 8.09. The maximum absolute atomic E-state index is 13.1. The second-order valence-electron chi connectivity index (χ2n) is 8.04. The molecule has 1 saturated heterocycles. The number of carbonyl (C=O) groups excluding carboxylic acids is 1. The second-order valence-corrected chi connectivity index (χ2v) is 9.98. The molecule has 0 aromatic heterocycles. The van der Waals surface area contributed by atoms with Crippen LogP contribution < -0.4 is 10.1 Å². The van der Waals surface area contributed by atoms with Crippen molar-refractivity contribution in [3.63, 3.8) is 0 Å². The van der Waals surface area contributed by atoms with Crippen LogP contribution in [-0.2, 0) is 21.2 Å². The molecule has 3 rings (SSSR count). The van der Waals surface area contributed by atoms with Crippen molar-refractivity contribution >= 4 is 15.9 Å². The predicted octanol–water partition coefficient (Wildman–Crippen LogP) is 3.62. The van der Waals surface area contributed by atoms with E-state index in [1.165, 1.54) is 9.87 Å². The summed E-state index contributed by atoms with van der Waals surface area (Å²) in [5.74, 6) is 0.249. The first-order valence-electron chi connectivity index (χ1n) is 11.0. The average molecular weight is 445 g/mol. The van der Waals surface area contributed by atoms with E-state index in [1.807, 2.05) is 32.0 Å². The zero-order valence-electron chi connectivity index (χ0n) is 18.3. The fraction of sp³-hybridized carbons (Fsp3) is 0.458. The van der Waals surface area contributed by atoms with Crippen LogP contribution in [0.25, 0.3) is 0 Å². The number of sulfonamides is 1. The van der Waals surface area contributed by atoms with Gasteiger partial charge in [0.25, 0.3) is 0 Å². The van der Waals surface area contributed by atoms with E-state index in [-0.39, 0.29) is 29.3 Å². The van der Waals surface area contributed by atoms with Crippen molar-refractivity contribution in [1.82, 2.24) is 9.62 Å². The van der Waals surface area contributed by atoms with Crippen LogP contribution in [0.1, 0.15) is 38.7 Å². The lowest BCUT2D eigenvalue weighted by molar-refractivity contribution is -0.126. The average Bonchev–Trinajstić information content (AvgIpc) is 2.79. The van der Waals surface area contributed by atoms with Gasteiger partial charge in [0.05, 0.1) is 17.4 Å². The SMILES string of the molecule is CCOc1ccc(S(=O)(=O)N2CCC[C@@H](C(=O)N[C@H](C)CCc3ccccc3)C2)cc1. The number of hydrogen-bond donors (Lipinski definition) is 1. The van der Waals surface area contributed by atoms with Crippen molar-refractivity contribution < 1.29 is 17.9 Å². The van der Waals surface area contributed by atoms with Crippen LogP contribution in [0.5, 0.6) is 5.75 Å². The molecule has 0 saturated carbocycles. The summed E-state index contributed by atoms with van der Waals surface area (Å²) in [5.41, 5.74) is 1.24. The van der Waals surface area contributed by atoms with Gasteiger partial charge in [-0.3, -0.25) is 4.79 Å². The highest BCUT2D eigenvalue weighted by Crippen LogP contribution is 2.25. The Morgan fingerprint density at radius 3 is 2.55 bits per heavy atom. The number of nitrogens with zero attached hydrogens (tertiary/aromatic N) is 1. The van der Waals surface area contributed by atoms with Gasteiger partial charge in [0.2, 0.25) is 15.9 Å². The summed E-state index contributed by atoms with van der Waals surface area (Å²) < 4.78 is 32.9.